The maximum atomic E-state index is 12.3. The van der Waals surface area contributed by atoms with E-state index in [1.807, 2.05) is 60.0 Å². The molecule has 0 saturated heterocycles. The summed E-state index contributed by atoms with van der Waals surface area (Å²) in [5.74, 6) is 1.01. The maximum absolute atomic E-state index is 12.3. The van der Waals surface area contributed by atoms with Crippen molar-refractivity contribution in [2.45, 2.75) is 39.7 Å². The van der Waals surface area contributed by atoms with Crippen molar-refractivity contribution < 1.29 is 14.3 Å². The van der Waals surface area contributed by atoms with Crippen LogP contribution in [0.25, 0.3) is 11.0 Å². The summed E-state index contributed by atoms with van der Waals surface area (Å²) in [5, 5.41) is 0. The third-order valence-corrected chi connectivity index (χ3v) is 4.59. The Morgan fingerprint density at radius 1 is 1.03 bits per heavy atom. The average Bonchev–Trinajstić information content (AvgIpc) is 3.08. The minimum absolute atomic E-state index is 0.0704. The van der Waals surface area contributed by atoms with Gasteiger partial charge in [-0.05, 0) is 29.7 Å². The number of nitrogens with one attached hydrogen (secondary N) is 2. The Morgan fingerprint density at radius 2 is 1.72 bits per heavy atom. The van der Waals surface area contributed by atoms with Crippen molar-refractivity contribution in [3.63, 3.8) is 0 Å². The second-order valence-electron chi connectivity index (χ2n) is 7.03. The largest absolute Gasteiger partial charge is 0.483 e. The molecule has 152 valence electrons. The Kier molecular flexibility index (Phi) is 6.49. The molecule has 0 unspecified atom stereocenters. The minimum Gasteiger partial charge on any atom is -0.483 e. The first-order valence-electron chi connectivity index (χ1n) is 9.73. The van der Waals surface area contributed by atoms with Gasteiger partial charge in [-0.1, -0.05) is 51.1 Å². The zero-order valence-corrected chi connectivity index (χ0v) is 16.9. The lowest BCUT2D eigenvalue weighted by molar-refractivity contribution is -0.130. The topological polar surface area (TPSA) is 85.3 Å². The van der Waals surface area contributed by atoms with Crippen molar-refractivity contribution in [3.05, 3.63) is 59.9 Å². The van der Waals surface area contributed by atoms with Gasteiger partial charge in [0.1, 0.15) is 18.1 Å². The first-order chi connectivity index (χ1) is 14.0. The summed E-state index contributed by atoms with van der Waals surface area (Å²) in [6.07, 6.45) is 0.706. The number of fused-ring (bicyclic) bond motifs is 1. The molecule has 0 spiro atoms. The van der Waals surface area contributed by atoms with Crippen LogP contribution < -0.4 is 15.6 Å². The number of imidazole rings is 1. The van der Waals surface area contributed by atoms with Crippen LogP contribution in [0.4, 0.5) is 0 Å². The predicted molar refractivity (Wildman–Crippen MR) is 111 cm³/mol. The van der Waals surface area contributed by atoms with Crippen LogP contribution in [0.5, 0.6) is 5.75 Å². The van der Waals surface area contributed by atoms with E-state index < -0.39 is 5.91 Å². The molecule has 7 heteroatoms. The standard InChI is InChI=1S/C22H26N4O3/c1-4-20-23-17-10-6-7-11-18(17)26(20)13-21(27)24-25-22(28)14-29-19-12-8-5-9-16(19)15(2)3/h5-12,15H,4,13-14H2,1-3H3,(H,24,27)(H,25,28). The van der Waals surface area contributed by atoms with Gasteiger partial charge in [-0.3, -0.25) is 20.4 Å². The first kappa shape index (κ1) is 20.4. The van der Waals surface area contributed by atoms with Gasteiger partial charge in [0, 0.05) is 6.42 Å². The Bertz CT molecular complexity index is 1010. The third-order valence-electron chi connectivity index (χ3n) is 4.59. The summed E-state index contributed by atoms with van der Waals surface area (Å²) in [4.78, 5) is 28.9. The molecule has 0 fully saturated rings. The molecule has 2 amide bonds. The molecule has 0 radical (unpaired) electrons. The number of carbonyl (C=O) groups is 2. The van der Waals surface area contributed by atoms with E-state index in [0.29, 0.717) is 12.2 Å². The quantitative estimate of drug-likeness (QED) is 0.604. The fourth-order valence-electron chi connectivity index (χ4n) is 3.16. The number of rotatable bonds is 7. The molecule has 7 nitrogen and oxygen atoms in total. The van der Waals surface area contributed by atoms with Gasteiger partial charge in [0.25, 0.3) is 11.8 Å². The molecule has 3 aromatic rings. The zero-order chi connectivity index (χ0) is 20.8. The number of benzene rings is 2. The molecule has 29 heavy (non-hydrogen) atoms. The molecule has 3 rings (SSSR count). The summed E-state index contributed by atoms with van der Waals surface area (Å²) in [6.45, 7) is 6.00. The zero-order valence-electron chi connectivity index (χ0n) is 16.9. The van der Waals surface area contributed by atoms with Gasteiger partial charge in [0.05, 0.1) is 11.0 Å². The Morgan fingerprint density at radius 3 is 2.48 bits per heavy atom. The van der Waals surface area contributed by atoms with Gasteiger partial charge >= 0.3 is 0 Å². The highest BCUT2D eigenvalue weighted by Crippen LogP contribution is 2.25. The summed E-state index contributed by atoms with van der Waals surface area (Å²) in [7, 11) is 0. The maximum Gasteiger partial charge on any atom is 0.276 e. The van der Waals surface area contributed by atoms with Gasteiger partial charge < -0.3 is 9.30 Å². The van der Waals surface area contributed by atoms with Gasteiger partial charge in [-0.25, -0.2) is 4.98 Å². The van der Waals surface area contributed by atoms with Crippen molar-refractivity contribution in [1.82, 2.24) is 20.4 Å². The first-order valence-corrected chi connectivity index (χ1v) is 9.73. The molecule has 0 aliphatic rings. The third kappa shape index (κ3) is 4.93. The Labute approximate surface area is 170 Å². The number of hydrogen-bond donors (Lipinski definition) is 2. The van der Waals surface area contributed by atoms with Crippen LogP contribution in [-0.4, -0.2) is 28.0 Å². The van der Waals surface area contributed by atoms with E-state index in [9.17, 15) is 9.59 Å². The van der Waals surface area contributed by atoms with Crippen molar-refractivity contribution in [3.8, 4) is 5.75 Å². The van der Waals surface area contributed by atoms with Gasteiger partial charge in [-0.15, -0.1) is 0 Å². The van der Waals surface area contributed by atoms with Crippen LogP contribution in [0, 0.1) is 0 Å². The Balaban J connectivity index is 1.54. The lowest BCUT2D eigenvalue weighted by atomic mass is 10.0. The van der Waals surface area contributed by atoms with E-state index in [1.165, 1.54) is 0 Å². The number of hydrogen-bond acceptors (Lipinski definition) is 4. The number of amides is 2. The van der Waals surface area contributed by atoms with Crippen molar-refractivity contribution in [2.24, 2.45) is 0 Å². The van der Waals surface area contributed by atoms with Crippen molar-refractivity contribution in [1.29, 1.82) is 0 Å². The number of nitrogens with zero attached hydrogens (tertiary/aromatic N) is 2. The molecule has 2 N–H and O–H groups in total. The fourth-order valence-corrected chi connectivity index (χ4v) is 3.16. The summed E-state index contributed by atoms with van der Waals surface area (Å²) < 4.78 is 7.47. The van der Waals surface area contributed by atoms with Crippen LogP contribution in [0.3, 0.4) is 0 Å². The SMILES string of the molecule is CCc1nc2ccccc2n1CC(=O)NNC(=O)COc1ccccc1C(C)C. The number of aromatic nitrogens is 2. The van der Waals surface area contributed by atoms with Gasteiger partial charge in [-0.2, -0.15) is 0 Å². The molecule has 1 heterocycles. The number of hydrazine groups is 1. The highest BCUT2D eigenvalue weighted by molar-refractivity contribution is 5.84. The molecule has 0 saturated carbocycles. The van der Waals surface area contributed by atoms with Crippen molar-refractivity contribution >= 4 is 22.8 Å². The van der Waals surface area contributed by atoms with E-state index in [2.05, 4.69) is 29.7 Å². The van der Waals surface area contributed by atoms with Crippen LogP contribution in [-0.2, 0) is 22.6 Å². The Hall–Kier alpha value is -3.35. The molecular formula is C22H26N4O3. The number of para-hydroxylation sites is 3. The monoisotopic (exact) mass is 394 g/mol. The second kappa shape index (κ2) is 9.23. The molecule has 2 aromatic carbocycles. The predicted octanol–water partition coefficient (Wildman–Crippen LogP) is 2.95. The van der Waals surface area contributed by atoms with Crippen molar-refractivity contribution in [2.75, 3.05) is 6.61 Å². The van der Waals surface area contributed by atoms with Crippen LogP contribution >= 0.6 is 0 Å². The van der Waals surface area contributed by atoms with Crippen LogP contribution in [0.1, 0.15) is 38.1 Å². The highest BCUT2D eigenvalue weighted by atomic mass is 16.5. The van der Waals surface area contributed by atoms with Gasteiger partial charge in [0.15, 0.2) is 6.61 Å². The van der Waals surface area contributed by atoms with E-state index in [0.717, 1.165) is 22.4 Å². The highest BCUT2D eigenvalue weighted by Gasteiger charge is 2.13. The molecule has 1 aromatic heterocycles. The molecule has 0 atom stereocenters. The number of ether oxygens (including phenoxy) is 1. The van der Waals surface area contributed by atoms with E-state index in [-0.39, 0.29) is 25.0 Å². The molecule has 0 aliphatic carbocycles. The minimum atomic E-state index is -0.428. The normalized spacial score (nSPS) is 10.9. The molecular weight excluding hydrogens is 368 g/mol. The fraction of sp³-hybridized carbons (Fsp3) is 0.318. The lowest BCUT2D eigenvalue weighted by Gasteiger charge is -2.14. The number of carbonyl (C=O) groups excluding carboxylic acids is 2. The van der Waals surface area contributed by atoms with Crippen LogP contribution in [0.15, 0.2) is 48.5 Å². The number of aryl methyl sites for hydroxylation is 1. The van der Waals surface area contributed by atoms with E-state index >= 15 is 0 Å². The lowest BCUT2D eigenvalue weighted by Crippen LogP contribution is -2.45. The van der Waals surface area contributed by atoms with E-state index in [1.54, 1.807) is 0 Å². The van der Waals surface area contributed by atoms with Crippen LogP contribution in [0.2, 0.25) is 0 Å². The molecule has 0 bridgehead atoms. The van der Waals surface area contributed by atoms with E-state index in [4.69, 9.17) is 4.74 Å². The second-order valence-corrected chi connectivity index (χ2v) is 7.03. The summed E-state index contributed by atoms with van der Waals surface area (Å²) in [5.41, 5.74) is 7.61. The smallest absolute Gasteiger partial charge is 0.276 e. The molecule has 0 aliphatic heterocycles. The summed E-state index contributed by atoms with van der Waals surface area (Å²) >= 11 is 0. The summed E-state index contributed by atoms with van der Waals surface area (Å²) in [6, 6.07) is 15.3. The van der Waals surface area contributed by atoms with Gasteiger partial charge in [0.2, 0.25) is 0 Å². The average molecular weight is 394 g/mol.